The van der Waals surface area contributed by atoms with Crippen LogP contribution >= 0.6 is 0 Å². The van der Waals surface area contributed by atoms with Crippen molar-refractivity contribution in [3.05, 3.63) is 58.9 Å². The second kappa shape index (κ2) is 6.10. The molecule has 0 aromatic heterocycles. The van der Waals surface area contributed by atoms with Crippen molar-refractivity contribution >= 4 is 0 Å². The van der Waals surface area contributed by atoms with Crippen molar-refractivity contribution in [1.82, 2.24) is 0 Å². The number of ether oxygens (including phenoxy) is 2. The lowest BCUT2D eigenvalue weighted by Gasteiger charge is -2.52. The molecule has 2 nitrogen and oxygen atoms in total. The van der Waals surface area contributed by atoms with Gasteiger partial charge in [-0.3, -0.25) is 0 Å². The van der Waals surface area contributed by atoms with Crippen LogP contribution in [0.15, 0.2) is 30.3 Å². The van der Waals surface area contributed by atoms with E-state index in [1.54, 1.807) is 6.07 Å². The van der Waals surface area contributed by atoms with Gasteiger partial charge in [-0.2, -0.15) is 0 Å². The first-order chi connectivity index (χ1) is 12.4. The Morgan fingerprint density at radius 2 is 1.58 bits per heavy atom. The maximum absolute atomic E-state index is 14.8. The number of hydrogen-bond acceptors (Lipinski definition) is 2. The molecule has 3 aliphatic rings. The summed E-state index contributed by atoms with van der Waals surface area (Å²) in [5.74, 6) is -2.85. The quantitative estimate of drug-likeness (QED) is 0.721. The van der Waals surface area contributed by atoms with E-state index in [0.29, 0.717) is 25.2 Å². The zero-order chi connectivity index (χ0) is 18.5. The molecule has 0 amide bonds. The van der Waals surface area contributed by atoms with Gasteiger partial charge in [-0.1, -0.05) is 19.1 Å². The molecule has 5 heteroatoms. The largest absolute Gasteiger partial charge is 0.345 e. The first-order valence-electron chi connectivity index (χ1n) is 8.92. The minimum atomic E-state index is -0.917. The van der Waals surface area contributed by atoms with Crippen molar-refractivity contribution in [1.29, 1.82) is 0 Å². The molecule has 3 fully saturated rings. The average molecular weight is 362 g/mol. The first kappa shape index (κ1) is 17.6. The number of fused-ring (bicyclic) bond motifs is 3. The monoisotopic (exact) mass is 362 g/mol. The molecule has 2 aromatic carbocycles. The lowest BCUT2D eigenvalue weighted by Crippen LogP contribution is -2.53. The maximum Gasteiger partial charge on any atom is 0.194 e. The van der Waals surface area contributed by atoms with Crippen LogP contribution in [0.25, 0.3) is 11.1 Å². The third kappa shape index (κ3) is 2.65. The van der Waals surface area contributed by atoms with Gasteiger partial charge in [-0.25, -0.2) is 13.2 Å². The molecule has 3 aliphatic heterocycles. The molecule has 0 saturated carbocycles. The molecule has 0 aliphatic carbocycles. The summed E-state index contributed by atoms with van der Waals surface area (Å²) in [6.07, 6.45) is 2.63. The molecule has 138 valence electrons. The average Bonchev–Trinajstić information content (AvgIpc) is 2.67. The lowest BCUT2D eigenvalue weighted by molar-refractivity contribution is -0.350. The molecule has 5 rings (SSSR count). The van der Waals surface area contributed by atoms with Crippen molar-refractivity contribution in [3.63, 3.8) is 0 Å². The third-order valence-electron chi connectivity index (χ3n) is 5.96. The number of halogens is 3. The van der Waals surface area contributed by atoms with Crippen LogP contribution in [-0.4, -0.2) is 13.2 Å². The van der Waals surface area contributed by atoms with E-state index in [4.69, 9.17) is 9.47 Å². The Morgan fingerprint density at radius 1 is 0.923 bits per heavy atom. The standard InChI is InChI=1S/C21H21F3O2/c1-3-20-6-7-21(25-11-20,26-12-20)15-4-5-16(19(24)10-15)14-8-17(22)13(2)18(23)9-14/h4-5,8-10H,3,6-7,11-12H2,1-2H3. The Labute approximate surface area is 150 Å². The Kier molecular flexibility index (Phi) is 4.12. The molecular weight excluding hydrogens is 341 g/mol. The summed E-state index contributed by atoms with van der Waals surface area (Å²) in [5, 5.41) is 0. The summed E-state index contributed by atoms with van der Waals surface area (Å²) in [6, 6.07) is 6.91. The van der Waals surface area contributed by atoms with Gasteiger partial charge in [0.2, 0.25) is 0 Å². The molecule has 2 bridgehead atoms. The number of hydrogen-bond donors (Lipinski definition) is 0. The smallest absolute Gasteiger partial charge is 0.194 e. The van der Waals surface area contributed by atoms with E-state index in [-0.39, 0.29) is 22.1 Å². The minimum Gasteiger partial charge on any atom is -0.345 e. The van der Waals surface area contributed by atoms with Crippen LogP contribution in [0.5, 0.6) is 0 Å². The normalized spacial score (nSPS) is 27.7. The Hall–Kier alpha value is -1.85. The summed E-state index contributed by atoms with van der Waals surface area (Å²) < 4.78 is 54.4. The first-order valence-corrected chi connectivity index (χ1v) is 8.92. The van der Waals surface area contributed by atoms with Crippen molar-refractivity contribution in [3.8, 4) is 11.1 Å². The fourth-order valence-electron chi connectivity index (χ4n) is 3.82. The van der Waals surface area contributed by atoms with Gasteiger partial charge in [0, 0.05) is 28.5 Å². The molecule has 3 heterocycles. The SMILES string of the molecule is CCC12CCC(c3ccc(-c4cc(F)c(C)c(F)c4)c(F)c3)(OC1)OC2. The zero-order valence-corrected chi connectivity index (χ0v) is 14.9. The van der Waals surface area contributed by atoms with Crippen LogP contribution in [0.3, 0.4) is 0 Å². The van der Waals surface area contributed by atoms with E-state index in [0.717, 1.165) is 25.0 Å². The van der Waals surface area contributed by atoms with Crippen molar-refractivity contribution in [2.24, 2.45) is 5.41 Å². The van der Waals surface area contributed by atoms with Crippen molar-refractivity contribution in [2.75, 3.05) is 13.2 Å². The molecule has 0 unspecified atom stereocenters. The van der Waals surface area contributed by atoms with Crippen LogP contribution in [0.4, 0.5) is 13.2 Å². The minimum absolute atomic E-state index is 0.0667. The van der Waals surface area contributed by atoms with E-state index in [2.05, 4.69) is 6.92 Å². The van der Waals surface area contributed by atoms with Gasteiger partial charge < -0.3 is 9.47 Å². The highest BCUT2D eigenvalue weighted by molar-refractivity contribution is 5.65. The molecule has 0 atom stereocenters. The van der Waals surface area contributed by atoms with Gasteiger partial charge in [-0.15, -0.1) is 0 Å². The maximum atomic E-state index is 14.8. The van der Waals surface area contributed by atoms with Crippen molar-refractivity contribution < 1.29 is 22.6 Å². The summed E-state index contributed by atoms with van der Waals surface area (Å²) in [6.45, 7) is 4.67. The van der Waals surface area contributed by atoms with Crippen LogP contribution in [0, 0.1) is 29.8 Å². The van der Waals surface area contributed by atoms with Gasteiger partial charge in [-0.05, 0) is 43.5 Å². The van der Waals surface area contributed by atoms with Crippen LogP contribution in [0.1, 0.15) is 37.3 Å². The fraction of sp³-hybridized carbons (Fsp3) is 0.429. The van der Waals surface area contributed by atoms with Crippen LogP contribution in [-0.2, 0) is 15.3 Å². The highest BCUT2D eigenvalue weighted by Gasteiger charge is 2.51. The zero-order valence-electron chi connectivity index (χ0n) is 14.9. The predicted molar refractivity (Wildman–Crippen MR) is 92.0 cm³/mol. The van der Waals surface area contributed by atoms with Gasteiger partial charge in [0.05, 0.1) is 13.2 Å². The van der Waals surface area contributed by atoms with Crippen LogP contribution in [0.2, 0.25) is 0 Å². The van der Waals surface area contributed by atoms with Crippen LogP contribution < -0.4 is 0 Å². The third-order valence-corrected chi connectivity index (χ3v) is 5.96. The summed E-state index contributed by atoms with van der Waals surface area (Å²) in [5.41, 5.74) is 0.923. The van der Waals surface area contributed by atoms with E-state index < -0.39 is 23.2 Å². The molecule has 3 saturated heterocycles. The Bertz CT molecular complexity index is 815. The number of benzene rings is 2. The van der Waals surface area contributed by atoms with Gasteiger partial charge in [0.1, 0.15) is 17.5 Å². The predicted octanol–water partition coefficient (Wildman–Crippen LogP) is 5.47. The number of rotatable bonds is 3. The van der Waals surface area contributed by atoms with Crippen molar-refractivity contribution in [2.45, 2.75) is 38.9 Å². The van der Waals surface area contributed by atoms with E-state index in [9.17, 15) is 13.2 Å². The van der Waals surface area contributed by atoms with E-state index in [1.807, 2.05) is 0 Å². The molecule has 0 N–H and O–H groups in total. The molecule has 26 heavy (non-hydrogen) atoms. The molecule has 0 spiro atoms. The fourth-order valence-corrected chi connectivity index (χ4v) is 3.82. The van der Waals surface area contributed by atoms with E-state index in [1.165, 1.54) is 19.1 Å². The van der Waals surface area contributed by atoms with Gasteiger partial charge in [0.15, 0.2) is 5.79 Å². The Balaban J connectivity index is 1.67. The molecule has 2 aromatic rings. The summed E-state index contributed by atoms with van der Waals surface area (Å²) >= 11 is 0. The summed E-state index contributed by atoms with van der Waals surface area (Å²) in [4.78, 5) is 0. The highest BCUT2D eigenvalue weighted by atomic mass is 19.1. The lowest BCUT2D eigenvalue weighted by atomic mass is 9.75. The Morgan fingerprint density at radius 3 is 2.08 bits per heavy atom. The second-order valence-electron chi connectivity index (χ2n) is 7.44. The molecule has 0 radical (unpaired) electrons. The van der Waals surface area contributed by atoms with Gasteiger partial charge in [0.25, 0.3) is 0 Å². The topological polar surface area (TPSA) is 18.5 Å². The second-order valence-corrected chi connectivity index (χ2v) is 7.44. The molecular formula is C21H21F3O2. The van der Waals surface area contributed by atoms with E-state index >= 15 is 0 Å². The van der Waals surface area contributed by atoms with Gasteiger partial charge >= 0.3 is 0 Å². The highest BCUT2D eigenvalue weighted by Crippen LogP contribution is 2.50. The summed E-state index contributed by atoms with van der Waals surface area (Å²) in [7, 11) is 0.